The van der Waals surface area contributed by atoms with Crippen LogP contribution in [0, 0.1) is 5.92 Å². The summed E-state index contributed by atoms with van der Waals surface area (Å²) in [6, 6.07) is 8.19. The summed E-state index contributed by atoms with van der Waals surface area (Å²) in [7, 11) is 1.69. The molecule has 0 atom stereocenters. The number of hydrogen-bond acceptors (Lipinski definition) is 5. The third-order valence-electron chi connectivity index (χ3n) is 4.56. The van der Waals surface area contributed by atoms with Gasteiger partial charge in [-0.1, -0.05) is 37.7 Å². The third-order valence-corrected chi connectivity index (χ3v) is 5.23. The van der Waals surface area contributed by atoms with Crippen LogP contribution in [-0.4, -0.2) is 53.7 Å². The molecular formula is C22H37IN6OS. The van der Waals surface area contributed by atoms with Gasteiger partial charge in [-0.2, -0.15) is 0 Å². The number of aliphatic imine (C=N–C) groups is 1. The van der Waals surface area contributed by atoms with Gasteiger partial charge < -0.3 is 19.9 Å². The minimum absolute atomic E-state index is 0. The number of hydrogen-bond donors (Lipinski definition) is 2. The largest absolute Gasteiger partial charge is 0.497 e. The van der Waals surface area contributed by atoms with E-state index in [0.717, 1.165) is 68.1 Å². The van der Waals surface area contributed by atoms with E-state index < -0.39 is 0 Å². The lowest BCUT2D eigenvalue weighted by Gasteiger charge is -2.12. The second kappa shape index (κ2) is 15.3. The summed E-state index contributed by atoms with van der Waals surface area (Å²) in [5.41, 5.74) is 1.27. The molecule has 2 N–H and O–H groups in total. The SMILES string of the molecule is CCNC(=NCCCc1nnc(SC)n1CC(C)C)NCCc1ccc(OC)cc1.I. The van der Waals surface area contributed by atoms with Crippen molar-refractivity contribution in [3.05, 3.63) is 35.7 Å². The number of guanidine groups is 1. The molecule has 0 amide bonds. The van der Waals surface area contributed by atoms with Gasteiger partial charge in [0.2, 0.25) is 0 Å². The van der Waals surface area contributed by atoms with Crippen molar-refractivity contribution in [2.24, 2.45) is 10.9 Å². The Balaban J connectivity index is 0.00000480. The Morgan fingerprint density at radius 2 is 1.90 bits per heavy atom. The molecular weight excluding hydrogens is 523 g/mol. The summed E-state index contributed by atoms with van der Waals surface area (Å²) in [6.45, 7) is 9.90. The number of nitrogens with one attached hydrogen (secondary N) is 2. The van der Waals surface area contributed by atoms with Gasteiger partial charge in [-0.3, -0.25) is 4.99 Å². The van der Waals surface area contributed by atoms with Gasteiger partial charge in [0.25, 0.3) is 0 Å². The van der Waals surface area contributed by atoms with Gasteiger partial charge in [0, 0.05) is 32.6 Å². The van der Waals surface area contributed by atoms with Gasteiger partial charge in [-0.25, -0.2) is 0 Å². The van der Waals surface area contributed by atoms with Gasteiger partial charge in [-0.15, -0.1) is 34.2 Å². The summed E-state index contributed by atoms with van der Waals surface area (Å²) in [4.78, 5) is 4.72. The average Bonchev–Trinajstić information content (AvgIpc) is 3.12. The minimum atomic E-state index is 0. The molecule has 0 aliphatic rings. The van der Waals surface area contributed by atoms with Crippen LogP contribution in [0.3, 0.4) is 0 Å². The molecule has 2 aromatic rings. The van der Waals surface area contributed by atoms with Crippen molar-refractivity contribution in [2.75, 3.05) is 33.0 Å². The van der Waals surface area contributed by atoms with E-state index in [1.165, 1.54) is 5.56 Å². The number of thioether (sulfide) groups is 1. The number of ether oxygens (including phenoxy) is 1. The Morgan fingerprint density at radius 1 is 1.16 bits per heavy atom. The van der Waals surface area contributed by atoms with E-state index >= 15 is 0 Å². The highest BCUT2D eigenvalue weighted by Gasteiger charge is 2.12. The second-order valence-electron chi connectivity index (χ2n) is 7.50. The first-order chi connectivity index (χ1) is 14.6. The fraction of sp³-hybridized carbons (Fsp3) is 0.591. The third kappa shape index (κ3) is 9.67. The number of aromatic nitrogens is 3. The minimum Gasteiger partial charge on any atom is -0.497 e. The van der Waals surface area contributed by atoms with E-state index in [-0.39, 0.29) is 24.0 Å². The zero-order chi connectivity index (χ0) is 21.8. The summed E-state index contributed by atoms with van der Waals surface area (Å²) >= 11 is 1.65. The molecule has 174 valence electrons. The quantitative estimate of drug-likeness (QED) is 0.134. The van der Waals surface area contributed by atoms with Gasteiger partial charge in [0.05, 0.1) is 7.11 Å². The highest BCUT2D eigenvalue weighted by molar-refractivity contribution is 14.0. The van der Waals surface area contributed by atoms with E-state index in [2.05, 4.69) is 64.6 Å². The van der Waals surface area contributed by atoms with Gasteiger partial charge >= 0.3 is 0 Å². The lowest BCUT2D eigenvalue weighted by molar-refractivity contribution is 0.414. The van der Waals surface area contributed by atoms with Gasteiger partial charge in [0.1, 0.15) is 11.6 Å². The molecule has 31 heavy (non-hydrogen) atoms. The molecule has 0 radical (unpaired) electrons. The first-order valence-electron chi connectivity index (χ1n) is 10.7. The molecule has 0 unspecified atom stereocenters. The van der Waals surface area contributed by atoms with Crippen molar-refractivity contribution in [1.29, 1.82) is 0 Å². The van der Waals surface area contributed by atoms with Crippen LogP contribution in [0.25, 0.3) is 0 Å². The normalized spacial score (nSPS) is 11.4. The second-order valence-corrected chi connectivity index (χ2v) is 8.27. The Labute approximate surface area is 208 Å². The Kier molecular flexibility index (Phi) is 13.6. The van der Waals surface area contributed by atoms with Crippen LogP contribution in [-0.2, 0) is 19.4 Å². The van der Waals surface area contributed by atoms with Crippen LogP contribution in [0.5, 0.6) is 5.75 Å². The maximum absolute atomic E-state index is 5.21. The Morgan fingerprint density at radius 3 is 2.52 bits per heavy atom. The van der Waals surface area contributed by atoms with Crippen molar-refractivity contribution in [3.8, 4) is 5.75 Å². The zero-order valence-corrected chi connectivity index (χ0v) is 22.5. The number of aryl methyl sites for hydroxylation is 1. The molecule has 9 heteroatoms. The summed E-state index contributed by atoms with van der Waals surface area (Å²) in [5.74, 6) is 3.37. The topological polar surface area (TPSA) is 76.4 Å². The van der Waals surface area contributed by atoms with Gasteiger partial charge in [0.15, 0.2) is 11.1 Å². The predicted molar refractivity (Wildman–Crippen MR) is 141 cm³/mol. The Hall–Kier alpha value is -1.49. The molecule has 0 aliphatic carbocycles. The highest BCUT2D eigenvalue weighted by atomic mass is 127. The van der Waals surface area contributed by atoms with E-state index in [1.807, 2.05) is 12.1 Å². The lowest BCUT2D eigenvalue weighted by Crippen LogP contribution is -2.38. The average molecular weight is 561 g/mol. The standard InChI is InChI=1S/C22H36N6OS.HI/c1-6-23-21(25-15-13-18-9-11-19(29-4)12-10-18)24-14-7-8-20-26-27-22(30-5)28(20)16-17(2)3;/h9-12,17H,6-8,13-16H2,1-5H3,(H2,23,24,25);1H. The summed E-state index contributed by atoms with van der Waals surface area (Å²) in [5, 5.41) is 16.4. The first-order valence-corrected chi connectivity index (χ1v) is 11.9. The first kappa shape index (κ1) is 27.5. The van der Waals surface area contributed by atoms with Crippen LogP contribution in [0.15, 0.2) is 34.4 Å². The molecule has 0 aliphatic heterocycles. The maximum atomic E-state index is 5.21. The zero-order valence-electron chi connectivity index (χ0n) is 19.4. The molecule has 1 aromatic heterocycles. The fourth-order valence-electron chi connectivity index (χ4n) is 3.09. The van der Waals surface area contributed by atoms with Crippen molar-refractivity contribution >= 4 is 41.7 Å². The van der Waals surface area contributed by atoms with Crippen molar-refractivity contribution in [3.63, 3.8) is 0 Å². The Bertz CT molecular complexity index is 779. The summed E-state index contributed by atoms with van der Waals surface area (Å²) < 4.78 is 7.46. The van der Waals surface area contributed by atoms with E-state index in [0.29, 0.717) is 5.92 Å². The number of halogens is 1. The van der Waals surface area contributed by atoms with Crippen LogP contribution in [0.4, 0.5) is 0 Å². The number of methoxy groups -OCH3 is 1. The van der Waals surface area contributed by atoms with Crippen molar-refractivity contribution in [2.45, 2.75) is 51.7 Å². The smallest absolute Gasteiger partial charge is 0.191 e. The van der Waals surface area contributed by atoms with Crippen LogP contribution < -0.4 is 15.4 Å². The van der Waals surface area contributed by atoms with E-state index in [4.69, 9.17) is 9.73 Å². The number of rotatable bonds is 12. The molecule has 0 spiro atoms. The molecule has 7 nitrogen and oxygen atoms in total. The highest BCUT2D eigenvalue weighted by Crippen LogP contribution is 2.16. The molecule has 2 rings (SSSR count). The number of nitrogens with zero attached hydrogens (tertiary/aromatic N) is 4. The summed E-state index contributed by atoms with van der Waals surface area (Å²) in [6.07, 6.45) is 4.81. The predicted octanol–water partition coefficient (Wildman–Crippen LogP) is 4.01. The van der Waals surface area contributed by atoms with Crippen LogP contribution >= 0.6 is 35.7 Å². The molecule has 0 bridgehead atoms. The monoisotopic (exact) mass is 560 g/mol. The molecule has 0 fully saturated rings. The van der Waals surface area contributed by atoms with Gasteiger partial charge in [-0.05, 0) is 49.6 Å². The van der Waals surface area contributed by atoms with Crippen molar-refractivity contribution < 1.29 is 4.74 Å². The van der Waals surface area contributed by atoms with E-state index in [9.17, 15) is 0 Å². The molecule has 0 saturated heterocycles. The molecule has 1 heterocycles. The molecule has 1 aromatic carbocycles. The maximum Gasteiger partial charge on any atom is 0.191 e. The van der Waals surface area contributed by atoms with Crippen molar-refractivity contribution in [1.82, 2.24) is 25.4 Å². The number of benzene rings is 1. The van der Waals surface area contributed by atoms with Crippen LogP contribution in [0.2, 0.25) is 0 Å². The lowest BCUT2D eigenvalue weighted by atomic mass is 10.1. The van der Waals surface area contributed by atoms with Crippen LogP contribution in [0.1, 0.15) is 38.6 Å². The fourth-order valence-corrected chi connectivity index (χ4v) is 3.61. The molecule has 0 saturated carbocycles. The van der Waals surface area contributed by atoms with E-state index in [1.54, 1.807) is 18.9 Å².